The standard InChI is InChI=1S/C24H25N7O3S/c1-34-24(33)31-8-6-30(7-9-31)23(32)14-2-4-17-19(11-14)35-22-20(17)21(25-13-26-22)28-16-3-5-18-15(10-16)12-27-29-18/h3,5,10,12-14H,2,4,6-9,11H2,1H3,(H,27,29)(H,25,26,28)/t14-/m0/s1. The molecule has 2 amide bonds. The highest BCUT2D eigenvalue weighted by Gasteiger charge is 2.33. The van der Waals surface area contributed by atoms with Crippen LogP contribution in [0, 0.1) is 5.92 Å². The summed E-state index contributed by atoms with van der Waals surface area (Å²) in [6.45, 7) is 2.11. The number of piperazine rings is 1. The number of fused-ring (bicyclic) bond motifs is 4. The lowest BCUT2D eigenvalue weighted by molar-refractivity contribution is -0.137. The van der Waals surface area contributed by atoms with Gasteiger partial charge in [0.1, 0.15) is 17.0 Å². The second-order valence-corrected chi connectivity index (χ2v) is 10.0. The summed E-state index contributed by atoms with van der Waals surface area (Å²) in [4.78, 5) is 39.8. The third-order valence-corrected chi connectivity index (χ3v) is 8.08. The summed E-state index contributed by atoms with van der Waals surface area (Å²) in [7, 11) is 1.38. The molecule has 0 radical (unpaired) electrons. The Morgan fingerprint density at radius 2 is 2.00 bits per heavy atom. The Morgan fingerprint density at radius 1 is 1.17 bits per heavy atom. The Bertz CT molecular complexity index is 1420. The van der Waals surface area contributed by atoms with Crippen molar-refractivity contribution in [3.63, 3.8) is 0 Å². The summed E-state index contributed by atoms with van der Waals surface area (Å²) in [5, 5.41) is 12.6. The number of amides is 2. The summed E-state index contributed by atoms with van der Waals surface area (Å²) in [6.07, 6.45) is 5.38. The zero-order valence-corrected chi connectivity index (χ0v) is 20.1. The summed E-state index contributed by atoms with van der Waals surface area (Å²) >= 11 is 1.66. The SMILES string of the molecule is COC(=O)N1CCN(C(=O)[C@H]2CCc3c(sc4ncnc(Nc5ccc6[nH]ncc6c5)c34)C2)CC1. The van der Waals surface area contributed by atoms with Gasteiger partial charge in [0.05, 0.1) is 24.2 Å². The summed E-state index contributed by atoms with van der Waals surface area (Å²) in [6, 6.07) is 6.04. The van der Waals surface area contributed by atoms with Crippen LogP contribution < -0.4 is 5.32 Å². The smallest absolute Gasteiger partial charge is 0.409 e. The number of hydrogen-bond donors (Lipinski definition) is 2. The Labute approximate surface area is 205 Å². The number of carbonyl (C=O) groups is 2. The van der Waals surface area contributed by atoms with Crippen LogP contribution >= 0.6 is 11.3 Å². The van der Waals surface area contributed by atoms with Gasteiger partial charge >= 0.3 is 6.09 Å². The van der Waals surface area contributed by atoms with Gasteiger partial charge in [-0.25, -0.2) is 14.8 Å². The maximum atomic E-state index is 13.3. The van der Waals surface area contributed by atoms with Crippen molar-refractivity contribution in [2.24, 2.45) is 5.92 Å². The molecule has 35 heavy (non-hydrogen) atoms. The van der Waals surface area contributed by atoms with Gasteiger partial charge < -0.3 is 19.9 Å². The van der Waals surface area contributed by atoms with E-state index in [0.717, 1.165) is 45.5 Å². The number of anilines is 2. The molecule has 1 aliphatic carbocycles. The highest BCUT2D eigenvalue weighted by molar-refractivity contribution is 7.19. The Hall–Kier alpha value is -3.73. The van der Waals surface area contributed by atoms with Crippen LogP contribution in [0.3, 0.4) is 0 Å². The van der Waals surface area contributed by atoms with Crippen LogP contribution in [0.1, 0.15) is 16.9 Å². The molecule has 1 aliphatic heterocycles. The van der Waals surface area contributed by atoms with E-state index in [1.807, 2.05) is 23.1 Å². The second kappa shape index (κ2) is 8.81. The van der Waals surface area contributed by atoms with Crippen LogP contribution in [0.5, 0.6) is 0 Å². The Morgan fingerprint density at radius 3 is 2.83 bits per heavy atom. The lowest BCUT2D eigenvalue weighted by Gasteiger charge is -2.36. The molecule has 0 saturated carbocycles. The van der Waals surface area contributed by atoms with E-state index in [2.05, 4.69) is 25.5 Å². The predicted molar refractivity (Wildman–Crippen MR) is 133 cm³/mol. The fourth-order valence-electron chi connectivity index (χ4n) is 5.07. The van der Waals surface area contributed by atoms with Crippen molar-refractivity contribution in [1.29, 1.82) is 0 Å². The van der Waals surface area contributed by atoms with E-state index in [4.69, 9.17) is 4.74 Å². The highest BCUT2D eigenvalue weighted by atomic mass is 32.1. The average molecular weight is 492 g/mol. The van der Waals surface area contributed by atoms with Gasteiger partial charge in [0.15, 0.2) is 0 Å². The first-order valence-corrected chi connectivity index (χ1v) is 12.5. The molecule has 0 bridgehead atoms. The summed E-state index contributed by atoms with van der Waals surface area (Å²) in [5.41, 5.74) is 3.17. The van der Waals surface area contributed by atoms with Crippen molar-refractivity contribution in [2.75, 3.05) is 38.6 Å². The predicted octanol–water partition coefficient (Wildman–Crippen LogP) is 3.33. The minimum Gasteiger partial charge on any atom is -0.453 e. The van der Waals surface area contributed by atoms with E-state index in [-0.39, 0.29) is 17.9 Å². The van der Waals surface area contributed by atoms with E-state index in [9.17, 15) is 9.59 Å². The molecule has 0 unspecified atom stereocenters. The Kier molecular flexibility index (Phi) is 5.48. The number of aromatic nitrogens is 4. The van der Waals surface area contributed by atoms with Gasteiger partial charge in [0.25, 0.3) is 0 Å². The zero-order chi connectivity index (χ0) is 23.9. The zero-order valence-electron chi connectivity index (χ0n) is 19.3. The molecule has 10 nitrogen and oxygen atoms in total. The van der Waals surface area contributed by atoms with Gasteiger partial charge in [0.2, 0.25) is 5.91 Å². The van der Waals surface area contributed by atoms with E-state index < -0.39 is 0 Å². The second-order valence-electron chi connectivity index (χ2n) is 8.93. The van der Waals surface area contributed by atoms with Gasteiger partial charge in [-0.1, -0.05) is 0 Å². The van der Waals surface area contributed by atoms with Gasteiger partial charge in [-0.15, -0.1) is 11.3 Å². The fraction of sp³-hybridized carbons (Fsp3) is 0.375. The van der Waals surface area contributed by atoms with Crippen molar-refractivity contribution in [3.05, 3.63) is 41.2 Å². The number of H-pyrrole nitrogens is 1. The molecular formula is C24H25N7O3S. The number of benzene rings is 1. The molecule has 0 spiro atoms. The summed E-state index contributed by atoms with van der Waals surface area (Å²) < 4.78 is 4.80. The monoisotopic (exact) mass is 491 g/mol. The number of nitrogens with one attached hydrogen (secondary N) is 2. The van der Waals surface area contributed by atoms with Crippen LogP contribution in [-0.4, -0.2) is 75.3 Å². The van der Waals surface area contributed by atoms with Crippen LogP contribution in [0.15, 0.2) is 30.7 Å². The quantitative estimate of drug-likeness (QED) is 0.452. The lowest BCUT2D eigenvalue weighted by atomic mass is 9.86. The van der Waals surface area contributed by atoms with Gasteiger partial charge in [0, 0.05) is 48.0 Å². The molecule has 6 rings (SSSR count). The van der Waals surface area contributed by atoms with Crippen molar-refractivity contribution in [3.8, 4) is 0 Å². The van der Waals surface area contributed by atoms with Crippen molar-refractivity contribution >= 4 is 56.0 Å². The van der Waals surface area contributed by atoms with Crippen LogP contribution in [0.2, 0.25) is 0 Å². The van der Waals surface area contributed by atoms with Crippen molar-refractivity contribution in [2.45, 2.75) is 19.3 Å². The fourth-order valence-corrected chi connectivity index (χ4v) is 6.34. The first-order chi connectivity index (χ1) is 17.1. The maximum absolute atomic E-state index is 13.3. The molecule has 11 heteroatoms. The normalized spacial score (nSPS) is 18.0. The third kappa shape index (κ3) is 3.95. The molecule has 2 aliphatic rings. The number of carbonyl (C=O) groups excluding carboxylic acids is 2. The third-order valence-electron chi connectivity index (χ3n) is 6.92. The number of aromatic amines is 1. The molecule has 3 aromatic heterocycles. The number of nitrogens with zero attached hydrogens (tertiary/aromatic N) is 5. The van der Waals surface area contributed by atoms with Crippen LogP contribution in [-0.2, 0) is 22.4 Å². The van der Waals surface area contributed by atoms with Crippen molar-refractivity contribution < 1.29 is 14.3 Å². The van der Waals surface area contributed by atoms with Gasteiger partial charge in [-0.05, 0) is 43.0 Å². The number of thiophene rings is 1. The molecule has 1 saturated heterocycles. The maximum Gasteiger partial charge on any atom is 0.409 e. The molecule has 4 aromatic rings. The lowest BCUT2D eigenvalue weighted by Crippen LogP contribution is -2.52. The van der Waals surface area contributed by atoms with E-state index in [1.54, 1.807) is 28.8 Å². The van der Waals surface area contributed by atoms with Gasteiger partial charge in [-0.2, -0.15) is 5.10 Å². The molecule has 1 fully saturated rings. The topological polar surface area (TPSA) is 116 Å². The number of methoxy groups -OCH3 is 1. The molecule has 1 aromatic carbocycles. The molecule has 4 heterocycles. The van der Waals surface area contributed by atoms with Crippen molar-refractivity contribution in [1.82, 2.24) is 30.0 Å². The van der Waals surface area contributed by atoms with E-state index in [0.29, 0.717) is 32.6 Å². The molecule has 180 valence electrons. The average Bonchev–Trinajstić information content (AvgIpc) is 3.52. The largest absolute Gasteiger partial charge is 0.453 e. The first-order valence-electron chi connectivity index (χ1n) is 11.7. The summed E-state index contributed by atoms with van der Waals surface area (Å²) in [5.74, 6) is 0.919. The van der Waals surface area contributed by atoms with Crippen LogP contribution in [0.4, 0.5) is 16.3 Å². The molecule has 2 N–H and O–H groups in total. The minimum absolute atomic E-state index is 0.0481. The van der Waals surface area contributed by atoms with Gasteiger partial charge in [-0.3, -0.25) is 9.89 Å². The van der Waals surface area contributed by atoms with E-state index >= 15 is 0 Å². The first kappa shape index (κ1) is 21.8. The number of ether oxygens (including phenoxy) is 1. The van der Waals surface area contributed by atoms with Crippen LogP contribution in [0.25, 0.3) is 21.1 Å². The molecular weight excluding hydrogens is 466 g/mol. The number of rotatable bonds is 3. The van der Waals surface area contributed by atoms with E-state index in [1.165, 1.54) is 17.6 Å². The number of aryl methyl sites for hydroxylation is 1. The minimum atomic E-state index is -0.333. The highest BCUT2D eigenvalue weighted by Crippen LogP contribution is 2.41. The Balaban J connectivity index is 1.20. The molecule has 1 atom stereocenters. The number of hydrogen-bond acceptors (Lipinski definition) is 8.